The monoisotopic (exact) mass is 228 g/mol. The molecule has 0 radical (unpaired) electrons. The maximum absolute atomic E-state index is 10.4. The minimum atomic E-state index is -0.734. The van der Waals surface area contributed by atoms with Gasteiger partial charge in [-0.05, 0) is 19.4 Å². The predicted octanol–water partition coefficient (Wildman–Crippen LogP) is 1.18. The molecule has 1 atom stereocenters. The van der Waals surface area contributed by atoms with Gasteiger partial charge in [0.25, 0.3) is 0 Å². The number of carboxylic acids is 1. The molecule has 0 aliphatic carbocycles. The molecule has 0 amide bonds. The Hall–Kier alpha value is -0.730. The van der Waals surface area contributed by atoms with E-state index < -0.39 is 5.97 Å². The van der Waals surface area contributed by atoms with Crippen molar-refractivity contribution in [3.05, 3.63) is 0 Å². The van der Waals surface area contributed by atoms with Crippen molar-refractivity contribution >= 4 is 17.7 Å². The topological polar surface area (TPSA) is 64.3 Å². The molecule has 5 heteroatoms. The molecular weight excluding hydrogens is 212 g/mol. The number of carboxylic acid groups (broad SMARTS) is 1. The first kappa shape index (κ1) is 12.3. The van der Waals surface area contributed by atoms with Gasteiger partial charge in [-0.3, -0.25) is 4.79 Å². The van der Waals surface area contributed by atoms with Gasteiger partial charge >= 0.3 is 5.97 Å². The molecule has 1 fully saturated rings. The van der Waals surface area contributed by atoms with Gasteiger partial charge in [0.15, 0.2) is 0 Å². The van der Waals surface area contributed by atoms with Gasteiger partial charge in [0.1, 0.15) is 0 Å². The van der Waals surface area contributed by atoms with Crippen molar-refractivity contribution in [3.8, 4) is 6.07 Å². The molecule has 0 aromatic heterocycles. The van der Waals surface area contributed by atoms with E-state index in [0.717, 1.165) is 25.9 Å². The minimum absolute atomic E-state index is 0.218. The van der Waals surface area contributed by atoms with E-state index in [2.05, 4.69) is 11.0 Å². The molecule has 0 bridgehead atoms. The number of hydrogen-bond acceptors (Lipinski definition) is 4. The van der Waals surface area contributed by atoms with Crippen LogP contribution in [0.4, 0.5) is 0 Å². The number of nitrogens with zero attached hydrogens (tertiary/aromatic N) is 2. The lowest BCUT2D eigenvalue weighted by molar-refractivity contribution is -0.137. The third kappa shape index (κ3) is 5.05. The molecule has 1 heterocycles. The Morgan fingerprint density at radius 2 is 2.47 bits per heavy atom. The molecule has 0 saturated carbocycles. The zero-order valence-electron chi connectivity index (χ0n) is 8.69. The van der Waals surface area contributed by atoms with Crippen molar-refractivity contribution in [2.24, 2.45) is 0 Å². The van der Waals surface area contributed by atoms with E-state index in [0.29, 0.717) is 17.5 Å². The SMILES string of the molecule is N#CCSC1CCCN(CCC(=O)O)C1. The largest absolute Gasteiger partial charge is 0.481 e. The highest BCUT2D eigenvalue weighted by Crippen LogP contribution is 2.22. The van der Waals surface area contributed by atoms with Gasteiger partial charge in [-0.1, -0.05) is 0 Å². The quantitative estimate of drug-likeness (QED) is 0.765. The van der Waals surface area contributed by atoms with Crippen LogP contribution in [0.15, 0.2) is 0 Å². The first-order chi connectivity index (χ1) is 7.22. The van der Waals surface area contributed by atoms with Crippen LogP contribution in [0.1, 0.15) is 19.3 Å². The first-order valence-electron chi connectivity index (χ1n) is 5.15. The van der Waals surface area contributed by atoms with Gasteiger partial charge in [-0.2, -0.15) is 5.26 Å². The highest BCUT2D eigenvalue weighted by molar-refractivity contribution is 8.00. The maximum Gasteiger partial charge on any atom is 0.304 e. The first-order valence-corrected chi connectivity index (χ1v) is 6.20. The van der Waals surface area contributed by atoms with Crippen LogP contribution in [0.2, 0.25) is 0 Å². The maximum atomic E-state index is 10.4. The lowest BCUT2D eigenvalue weighted by Crippen LogP contribution is -2.38. The zero-order valence-corrected chi connectivity index (χ0v) is 9.50. The molecule has 1 unspecified atom stereocenters. The van der Waals surface area contributed by atoms with Crippen LogP contribution in [-0.4, -0.2) is 46.6 Å². The fraction of sp³-hybridized carbons (Fsp3) is 0.800. The molecule has 0 aromatic rings. The molecule has 1 rings (SSSR count). The van der Waals surface area contributed by atoms with E-state index in [4.69, 9.17) is 10.4 Å². The molecule has 0 spiro atoms. The van der Waals surface area contributed by atoms with E-state index in [-0.39, 0.29) is 6.42 Å². The van der Waals surface area contributed by atoms with E-state index in [9.17, 15) is 4.79 Å². The van der Waals surface area contributed by atoms with Crippen LogP contribution in [0.25, 0.3) is 0 Å². The van der Waals surface area contributed by atoms with Crippen molar-refractivity contribution in [2.75, 3.05) is 25.4 Å². The average molecular weight is 228 g/mol. The number of thioether (sulfide) groups is 1. The molecule has 1 saturated heterocycles. The average Bonchev–Trinajstić information content (AvgIpc) is 2.24. The van der Waals surface area contributed by atoms with E-state index >= 15 is 0 Å². The zero-order chi connectivity index (χ0) is 11.1. The van der Waals surface area contributed by atoms with Gasteiger partial charge in [0, 0.05) is 18.3 Å². The van der Waals surface area contributed by atoms with Crippen molar-refractivity contribution in [1.29, 1.82) is 5.26 Å². The second-order valence-corrected chi connectivity index (χ2v) is 4.97. The molecule has 84 valence electrons. The number of rotatable bonds is 5. The standard InChI is InChI=1S/C10H16N2O2S/c11-4-7-15-9-2-1-5-12(8-9)6-3-10(13)14/h9H,1-3,5-8H2,(H,13,14). The summed E-state index contributed by atoms with van der Waals surface area (Å²) in [5, 5.41) is 17.6. The van der Waals surface area contributed by atoms with E-state index in [1.807, 2.05) is 0 Å². The molecule has 4 nitrogen and oxygen atoms in total. The summed E-state index contributed by atoms with van der Waals surface area (Å²) >= 11 is 1.69. The lowest BCUT2D eigenvalue weighted by Gasteiger charge is -2.31. The normalized spacial score (nSPS) is 22.2. The van der Waals surface area contributed by atoms with E-state index in [1.165, 1.54) is 0 Å². The fourth-order valence-electron chi connectivity index (χ4n) is 1.76. The Labute approximate surface area is 94.2 Å². The van der Waals surface area contributed by atoms with Crippen LogP contribution in [0.3, 0.4) is 0 Å². The van der Waals surface area contributed by atoms with Gasteiger partial charge in [0.2, 0.25) is 0 Å². The Kier molecular flexibility index (Phi) is 5.51. The Morgan fingerprint density at radius 1 is 1.67 bits per heavy atom. The van der Waals surface area contributed by atoms with Crippen LogP contribution in [0, 0.1) is 11.3 Å². The molecule has 15 heavy (non-hydrogen) atoms. The molecule has 0 aromatic carbocycles. The summed E-state index contributed by atoms with van der Waals surface area (Å²) in [4.78, 5) is 12.6. The molecule has 1 aliphatic heterocycles. The van der Waals surface area contributed by atoms with E-state index in [1.54, 1.807) is 11.8 Å². The summed E-state index contributed by atoms with van der Waals surface area (Å²) < 4.78 is 0. The Bertz CT molecular complexity index is 252. The highest BCUT2D eigenvalue weighted by atomic mass is 32.2. The van der Waals surface area contributed by atoms with Crippen LogP contribution < -0.4 is 0 Å². The highest BCUT2D eigenvalue weighted by Gasteiger charge is 2.20. The number of piperidine rings is 1. The molecule has 1 N–H and O–H groups in total. The Balaban J connectivity index is 2.23. The molecular formula is C10H16N2O2S. The van der Waals surface area contributed by atoms with Crippen LogP contribution in [0.5, 0.6) is 0 Å². The number of nitriles is 1. The van der Waals surface area contributed by atoms with Crippen molar-refractivity contribution in [3.63, 3.8) is 0 Å². The van der Waals surface area contributed by atoms with Crippen molar-refractivity contribution in [1.82, 2.24) is 4.90 Å². The number of aliphatic carboxylic acids is 1. The van der Waals surface area contributed by atoms with Gasteiger partial charge in [-0.25, -0.2) is 0 Å². The summed E-state index contributed by atoms with van der Waals surface area (Å²) in [6.45, 7) is 2.56. The summed E-state index contributed by atoms with van der Waals surface area (Å²) in [6.07, 6.45) is 2.48. The van der Waals surface area contributed by atoms with Gasteiger partial charge in [0.05, 0.1) is 18.2 Å². The number of carbonyl (C=O) groups is 1. The third-order valence-electron chi connectivity index (χ3n) is 2.49. The minimum Gasteiger partial charge on any atom is -0.481 e. The number of hydrogen-bond donors (Lipinski definition) is 1. The summed E-state index contributed by atoms with van der Waals surface area (Å²) in [5.74, 6) is -0.195. The molecule has 1 aliphatic rings. The van der Waals surface area contributed by atoms with Gasteiger partial charge in [-0.15, -0.1) is 11.8 Å². The lowest BCUT2D eigenvalue weighted by atomic mass is 10.1. The Morgan fingerprint density at radius 3 is 3.13 bits per heavy atom. The summed E-state index contributed by atoms with van der Waals surface area (Å²) in [7, 11) is 0. The van der Waals surface area contributed by atoms with Crippen LogP contribution in [-0.2, 0) is 4.79 Å². The van der Waals surface area contributed by atoms with Gasteiger partial charge < -0.3 is 10.0 Å². The number of likely N-dealkylation sites (tertiary alicyclic amines) is 1. The summed E-state index contributed by atoms with van der Waals surface area (Å²) in [6, 6.07) is 2.13. The smallest absolute Gasteiger partial charge is 0.304 e. The fourth-order valence-corrected chi connectivity index (χ4v) is 2.72. The van der Waals surface area contributed by atoms with Crippen molar-refractivity contribution in [2.45, 2.75) is 24.5 Å². The second kappa shape index (κ2) is 6.70. The predicted molar refractivity (Wildman–Crippen MR) is 59.8 cm³/mol. The van der Waals surface area contributed by atoms with Crippen LogP contribution >= 0.6 is 11.8 Å². The summed E-state index contributed by atoms with van der Waals surface area (Å²) in [5.41, 5.74) is 0. The van der Waals surface area contributed by atoms with Crippen molar-refractivity contribution < 1.29 is 9.90 Å². The third-order valence-corrected chi connectivity index (χ3v) is 3.64. The second-order valence-electron chi connectivity index (χ2n) is 3.68.